The molecule has 0 saturated heterocycles. The molecule has 0 aromatic carbocycles. The van der Waals surface area contributed by atoms with Crippen LogP contribution < -0.4 is 0 Å². The fraction of sp³-hybridized carbons (Fsp3) is 0.667. The minimum Gasteiger partial charge on any atom is -0.345 e. The molecule has 0 radical (unpaired) electrons. The maximum absolute atomic E-state index is 11.5. The van der Waals surface area contributed by atoms with Gasteiger partial charge in [-0.1, -0.05) is 15.9 Å². The fourth-order valence-corrected chi connectivity index (χ4v) is 2.01. The van der Waals surface area contributed by atoms with Crippen molar-refractivity contribution in [2.45, 2.75) is 25.7 Å². The van der Waals surface area contributed by atoms with Crippen molar-refractivity contribution in [3.8, 4) is 0 Å². The smallest absolute Gasteiger partial charge is 0.250 e. The Labute approximate surface area is 81.8 Å². The summed E-state index contributed by atoms with van der Waals surface area (Å²) in [5.41, 5.74) is 0.964. The maximum Gasteiger partial charge on any atom is 0.250 e. The van der Waals surface area contributed by atoms with Crippen molar-refractivity contribution in [1.29, 1.82) is 0 Å². The van der Waals surface area contributed by atoms with E-state index in [2.05, 4.69) is 15.9 Å². The van der Waals surface area contributed by atoms with Crippen LogP contribution >= 0.6 is 15.9 Å². The van der Waals surface area contributed by atoms with E-state index < -0.39 is 0 Å². The summed E-state index contributed by atoms with van der Waals surface area (Å²) in [7, 11) is 3.59. The van der Waals surface area contributed by atoms with Gasteiger partial charge in [0.05, 0.1) is 0 Å². The molecule has 0 aromatic heterocycles. The third-order valence-corrected chi connectivity index (χ3v) is 2.94. The molecule has 0 heterocycles. The van der Waals surface area contributed by atoms with Crippen molar-refractivity contribution >= 4 is 21.8 Å². The van der Waals surface area contributed by atoms with Crippen molar-refractivity contribution < 1.29 is 4.79 Å². The minimum atomic E-state index is 0.154. The first-order valence-electron chi connectivity index (χ1n) is 4.22. The van der Waals surface area contributed by atoms with Gasteiger partial charge in [-0.15, -0.1) is 0 Å². The van der Waals surface area contributed by atoms with E-state index in [-0.39, 0.29) is 5.91 Å². The number of hydrogen-bond acceptors (Lipinski definition) is 1. The molecule has 1 aliphatic carbocycles. The second-order valence-corrected chi connectivity index (χ2v) is 4.25. The molecule has 0 saturated carbocycles. The van der Waals surface area contributed by atoms with Gasteiger partial charge in [-0.2, -0.15) is 0 Å². The van der Waals surface area contributed by atoms with Crippen molar-refractivity contribution in [2.24, 2.45) is 0 Å². The van der Waals surface area contributed by atoms with Crippen molar-refractivity contribution in [3.05, 3.63) is 10.1 Å². The molecular weight excluding hydrogens is 218 g/mol. The Morgan fingerprint density at radius 2 is 1.92 bits per heavy atom. The lowest BCUT2D eigenvalue weighted by Crippen LogP contribution is -2.25. The number of halogens is 1. The first-order valence-corrected chi connectivity index (χ1v) is 5.01. The van der Waals surface area contributed by atoms with Crippen LogP contribution in [0.25, 0.3) is 0 Å². The van der Waals surface area contributed by atoms with Crippen LogP contribution in [-0.2, 0) is 4.79 Å². The molecule has 0 fully saturated rings. The van der Waals surface area contributed by atoms with Crippen LogP contribution in [0, 0.1) is 0 Å². The van der Waals surface area contributed by atoms with Gasteiger partial charge in [0.1, 0.15) is 0 Å². The molecule has 0 N–H and O–H groups in total. The summed E-state index contributed by atoms with van der Waals surface area (Å²) in [6, 6.07) is 0. The van der Waals surface area contributed by atoms with Crippen LogP contribution in [0.2, 0.25) is 0 Å². The van der Waals surface area contributed by atoms with E-state index in [0.717, 1.165) is 29.3 Å². The first kappa shape index (κ1) is 9.78. The van der Waals surface area contributed by atoms with E-state index >= 15 is 0 Å². The summed E-state index contributed by atoms with van der Waals surface area (Å²) < 4.78 is 1.10. The predicted molar refractivity (Wildman–Crippen MR) is 53.1 cm³/mol. The van der Waals surface area contributed by atoms with Gasteiger partial charge in [-0.05, 0) is 25.7 Å². The molecule has 0 bridgehead atoms. The number of hydrogen-bond donors (Lipinski definition) is 0. The van der Waals surface area contributed by atoms with E-state index in [4.69, 9.17) is 0 Å². The Kier molecular flexibility index (Phi) is 3.32. The highest BCUT2D eigenvalue weighted by atomic mass is 79.9. The van der Waals surface area contributed by atoms with E-state index in [0.29, 0.717) is 0 Å². The second kappa shape index (κ2) is 4.08. The second-order valence-electron chi connectivity index (χ2n) is 3.29. The molecule has 3 heteroatoms. The van der Waals surface area contributed by atoms with E-state index in [1.165, 1.54) is 6.42 Å². The number of carbonyl (C=O) groups is 1. The molecule has 0 aromatic rings. The van der Waals surface area contributed by atoms with E-state index in [9.17, 15) is 4.79 Å². The summed E-state index contributed by atoms with van der Waals surface area (Å²) in [4.78, 5) is 13.2. The summed E-state index contributed by atoms with van der Waals surface area (Å²) in [6.45, 7) is 0. The molecule has 1 rings (SSSR count). The molecule has 12 heavy (non-hydrogen) atoms. The highest BCUT2D eigenvalue weighted by Gasteiger charge is 2.18. The third-order valence-electron chi connectivity index (χ3n) is 2.06. The molecule has 0 unspecified atom stereocenters. The molecule has 1 amide bonds. The van der Waals surface area contributed by atoms with Crippen LogP contribution in [-0.4, -0.2) is 24.9 Å². The number of likely N-dealkylation sites (N-methyl/N-ethyl adjacent to an activating group) is 1. The lowest BCUT2D eigenvalue weighted by atomic mass is 9.99. The van der Waals surface area contributed by atoms with Gasteiger partial charge < -0.3 is 4.90 Å². The number of amides is 1. The van der Waals surface area contributed by atoms with Gasteiger partial charge in [0.15, 0.2) is 0 Å². The van der Waals surface area contributed by atoms with Crippen LogP contribution in [0.15, 0.2) is 10.1 Å². The van der Waals surface area contributed by atoms with E-state index in [1.54, 1.807) is 19.0 Å². The van der Waals surface area contributed by atoms with Gasteiger partial charge in [0, 0.05) is 24.2 Å². The Morgan fingerprint density at radius 1 is 1.33 bits per heavy atom. The Morgan fingerprint density at radius 3 is 2.42 bits per heavy atom. The SMILES string of the molecule is CN(C)C(=O)C1=C(Br)CCCC1. The van der Waals surface area contributed by atoms with Gasteiger partial charge in [0.2, 0.25) is 5.91 Å². The predicted octanol–water partition coefficient (Wildman–Crippen LogP) is 2.30. The lowest BCUT2D eigenvalue weighted by molar-refractivity contribution is -0.125. The zero-order valence-electron chi connectivity index (χ0n) is 7.56. The zero-order valence-corrected chi connectivity index (χ0v) is 9.15. The third kappa shape index (κ3) is 2.09. The lowest BCUT2D eigenvalue weighted by Gasteiger charge is -2.18. The summed E-state index contributed by atoms with van der Waals surface area (Å²) in [5, 5.41) is 0. The maximum atomic E-state index is 11.5. The van der Waals surface area contributed by atoms with Crippen molar-refractivity contribution in [1.82, 2.24) is 4.90 Å². The summed E-state index contributed by atoms with van der Waals surface area (Å²) in [6.07, 6.45) is 4.29. The molecule has 1 aliphatic rings. The molecule has 68 valence electrons. The number of carbonyl (C=O) groups excluding carboxylic acids is 1. The van der Waals surface area contributed by atoms with Crippen molar-refractivity contribution in [2.75, 3.05) is 14.1 Å². The molecule has 0 spiro atoms. The highest BCUT2D eigenvalue weighted by molar-refractivity contribution is 9.11. The molecule has 0 aliphatic heterocycles. The van der Waals surface area contributed by atoms with Gasteiger partial charge in [-0.3, -0.25) is 4.79 Å². The average Bonchev–Trinajstić information content (AvgIpc) is 2.04. The normalized spacial score (nSPS) is 17.9. The van der Waals surface area contributed by atoms with Gasteiger partial charge in [-0.25, -0.2) is 0 Å². The quantitative estimate of drug-likeness (QED) is 0.679. The van der Waals surface area contributed by atoms with Gasteiger partial charge >= 0.3 is 0 Å². The number of allylic oxidation sites excluding steroid dienone is 1. The molecular formula is C9H14BrNO. The number of rotatable bonds is 1. The largest absolute Gasteiger partial charge is 0.345 e. The Hall–Kier alpha value is -0.310. The van der Waals surface area contributed by atoms with Gasteiger partial charge in [0.25, 0.3) is 0 Å². The number of nitrogens with zero attached hydrogens (tertiary/aromatic N) is 1. The highest BCUT2D eigenvalue weighted by Crippen LogP contribution is 2.29. The van der Waals surface area contributed by atoms with E-state index in [1.807, 2.05) is 0 Å². The monoisotopic (exact) mass is 231 g/mol. The minimum absolute atomic E-state index is 0.154. The molecule has 2 nitrogen and oxygen atoms in total. The zero-order chi connectivity index (χ0) is 9.14. The summed E-state index contributed by atoms with van der Waals surface area (Å²) >= 11 is 3.46. The van der Waals surface area contributed by atoms with Crippen molar-refractivity contribution in [3.63, 3.8) is 0 Å². The Bertz CT molecular complexity index is 221. The Balaban J connectivity index is 2.78. The standard InChI is InChI=1S/C9H14BrNO/c1-11(2)9(12)7-5-3-4-6-8(7)10/h3-6H2,1-2H3. The summed E-state index contributed by atoms with van der Waals surface area (Å²) in [5.74, 6) is 0.154. The first-order chi connectivity index (χ1) is 5.63. The van der Waals surface area contributed by atoms with Crippen LogP contribution in [0.4, 0.5) is 0 Å². The molecule has 0 atom stereocenters. The topological polar surface area (TPSA) is 20.3 Å². The van der Waals surface area contributed by atoms with Crippen LogP contribution in [0.5, 0.6) is 0 Å². The van der Waals surface area contributed by atoms with Crippen LogP contribution in [0.1, 0.15) is 25.7 Å². The fourth-order valence-electron chi connectivity index (χ4n) is 1.36. The average molecular weight is 232 g/mol. The van der Waals surface area contributed by atoms with Crippen LogP contribution in [0.3, 0.4) is 0 Å².